The van der Waals surface area contributed by atoms with E-state index in [9.17, 15) is 14.0 Å². The largest absolute Gasteiger partial charge is 0.444 e. The zero-order chi connectivity index (χ0) is 12.9. The van der Waals surface area contributed by atoms with Crippen molar-refractivity contribution in [3.8, 4) is 0 Å². The molecule has 0 atom stereocenters. The van der Waals surface area contributed by atoms with Gasteiger partial charge in [-0.05, 0) is 20.8 Å². The molecule has 5 nitrogen and oxygen atoms in total. The fourth-order valence-corrected chi connectivity index (χ4v) is 2.37. The smallest absolute Gasteiger partial charge is 0.408 e. The van der Waals surface area contributed by atoms with E-state index in [1.165, 1.54) is 0 Å². The summed E-state index contributed by atoms with van der Waals surface area (Å²) in [5.41, 5.74) is -3.12. The van der Waals surface area contributed by atoms with Crippen LogP contribution in [-0.2, 0) is 9.53 Å². The minimum Gasteiger partial charge on any atom is -0.444 e. The molecule has 0 aromatic heterocycles. The number of fused-ring (bicyclic) bond motifs is 2. The first-order valence-electron chi connectivity index (χ1n) is 5.63. The highest BCUT2D eigenvalue weighted by atomic mass is 19.1. The molecule has 0 aromatic carbocycles. The van der Waals surface area contributed by atoms with Crippen molar-refractivity contribution in [2.75, 3.05) is 6.54 Å². The van der Waals surface area contributed by atoms with E-state index in [0.29, 0.717) is 0 Å². The molecule has 3 fully saturated rings. The molecular formula is C11H17FN2O3. The fourth-order valence-electron chi connectivity index (χ4n) is 2.37. The second-order valence-electron chi connectivity index (χ2n) is 5.90. The van der Waals surface area contributed by atoms with E-state index in [-0.39, 0.29) is 25.3 Å². The summed E-state index contributed by atoms with van der Waals surface area (Å²) in [5.74, 6) is -0.331. The Bertz CT molecular complexity index is 369. The van der Waals surface area contributed by atoms with Crippen LogP contribution < -0.4 is 10.6 Å². The highest BCUT2D eigenvalue weighted by Crippen LogP contribution is 2.47. The zero-order valence-corrected chi connectivity index (χ0v) is 10.2. The molecule has 0 spiro atoms. The molecule has 0 aromatic rings. The van der Waals surface area contributed by atoms with Crippen molar-refractivity contribution >= 4 is 12.0 Å². The summed E-state index contributed by atoms with van der Waals surface area (Å²) in [4.78, 5) is 23.2. The SMILES string of the molecule is CC(C)(C)OC(=O)NC12CC(F)(CNC1=O)C2. The maximum absolute atomic E-state index is 13.7. The van der Waals surface area contributed by atoms with Gasteiger partial charge in [-0.2, -0.15) is 0 Å². The number of alkyl halides is 1. The van der Waals surface area contributed by atoms with E-state index in [4.69, 9.17) is 4.74 Å². The van der Waals surface area contributed by atoms with Gasteiger partial charge in [0.05, 0.1) is 6.54 Å². The summed E-state index contributed by atoms with van der Waals surface area (Å²) in [7, 11) is 0. The van der Waals surface area contributed by atoms with E-state index in [1.54, 1.807) is 20.8 Å². The summed E-state index contributed by atoms with van der Waals surface area (Å²) < 4.78 is 18.8. The number of carbonyl (C=O) groups is 2. The molecule has 1 saturated carbocycles. The number of rotatable bonds is 1. The van der Waals surface area contributed by atoms with Gasteiger partial charge in [-0.25, -0.2) is 9.18 Å². The molecule has 96 valence electrons. The van der Waals surface area contributed by atoms with Crippen molar-refractivity contribution in [2.24, 2.45) is 0 Å². The van der Waals surface area contributed by atoms with Crippen LogP contribution in [0.4, 0.5) is 9.18 Å². The van der Waals surface area contributed by atoms with Crippen molar-refractivity contribution in [1.82, 2.24) is 10.6 Å². The summed E-state index contributed by atoms with van der Waals surface area (Å²) >= 11 is 0. The van der Waals surface area contributed by atoms with Gasteiger partial charge in [0.2, 0.25) is 5.91 Å². The molecule has 3 aliphatic rings. The zero-order valence-electron chi connectivity index (χ0n) is 10.2. The molecule has 3 rings (SSSR count). The van der Waals surface area contributed by atoms with E-state index in [2.05, 4.69) is 10.6 Å². The van der Waals surface area contributed by atoms with Crippen LogP contribution in [0, 0.1) is 0 Å². The van der Waals surface area contributed by atoms with Gasteiger partial charge in [0.15, 0.2) is 0 Å². The number of carbonyl (C=O) groups excluding carboxylic acids is 2. The number of alkyl carbamates (subject to hydrolysis) is 1. The second kappa shape index (κ2) is 3.34. The number of ether oxygens (including phenoxy) is 1. The molecule has 0 radical (unpaired) electrons. The minimum absolute atomic E-state index is 0.0313. The van der Waals surface area contributed by atoms with Gasteiger partial charge in [0, 0.05) is 12.8 Å². The lowest BCUT2D eigenvalue weighted by Gasteiger charge is -2.54. The Kier molecular flexibility index (Phi) is 2.38. The second-order valence-corrected chi connectivity index (χ2v) is 5.90. The van der Waals surface area contributed by atoms with Crippen molar-refractivity contribution < 1.29 is 18.7 Å². The van der Waals surface area contributed by atoms with Crippen LogP contribution in [0.5, 0.6) is 0 Å². The lowest BCUT2D eigenvalue weighted by molar-refractivity contribution is -0.150. The van der Waals surface area contributed by atoms with Crippen LogP contribution in [-0.4, -0.2) is 35.4 Å². The Labute approximate surface area is 99.1 Å². The third kappa shape index (κ3) is 2.21. The molecule has 2 aliphatic heterocycles. The first-order chi connectivity index (χ1) is 7.64. The lowest BCUT2D eigenvalue weighted by Crippen LogP contribution is -2.77. The standard InChI is InChI=1S/C11H17FN2O3/c1-9(2,3)17-8(16)14-11-4-10(12,5-11)6-13-7(11)15/h4-6H2,1-3H3,(H,13,15)(H,14,16). The van der Waals surface area contributed by atoms with Crippen LogP contribution in [0.25, 0.3) is 0 Å². The first-order valence-corrected chi connectivity index (χ1v) is 5.63. The van der Waals surface area contributed by atoms with Crippen LogP contribution in [0.2, 0.25) is 0 Å². The molecule has 6 heteroatoms. The quantitative estimate of drug-likeness (QED) is 0.719. The van der Waals surface area contributed by atoms with E-state index < -0.39 is 22.9 Å². The van der Waals surface area contributed by atoms with Gasteiger partial charge in [-0.3, -0.25) is 4.79 Å². The third-order valence-electron chi connectivity index (χ3n) is 2.98. The summed E-state index contributed by atoms with van der Waals surface area (Å²) in [5, 5.41) is 4.93. The molecular weight excluding hydrogens is 227 g/mol. The number of nitrogens with one attached hydrogen (secondary N) is 2. The Hall–Kier alpha value is -1.33. The van der Waals surface area contributed by atoms with E-state index >= 15 is 0 Å². The van der Waals surface area contributed by atoms with Gasteiger partial charge in [-0.1, -0.05) is 0 Å². The van der Waals surface area contributed by atoms with Crippen LogP contribution >= 0.6 is 0 Å². The van der Waals surface area contributed by atoms with Crippen LogP contribution in [0.15, 0.2) is 0 Å². The first kappa shape index (κ1) is 12.1. The van der Waals surface area contributed by atoms with Gasteiger partial charge in [-0.15, -0.1) is 0 Å². The maximum atomic E-state index is 13.7. The number of hydrogen-bond donors (Lipinski definition) is 2. The molecule has 2 N–H and O–H groups in total. The molecule has 17 heavy (non-hydrogen) atoms. The van der Waals surface area contributed by atoms with Crippen molar-refractivity contribution in [1.29, 1.82) is 0 Å². The van der Waals surface area contributed by atoms with Gasteiger partial charge in [0.25, 0.3) is 0 Å². The summed E-state index contributed by atoms with van der Waals surface area (Å²) in [6.45, 7) is 5.21. The molecule has 2 bridgehead atoms. The predicted molar refractivity (Wildman–Crippen MR) is 58.2 cm³/mol. The number of halogens is 1. The Balaban J connectivity index is 1.99. The number of amides is 2. The monoisotopic (exact) mass is 244 g/mol. The molecule has 2 saturated heterocycles. The van der Waals surface area contributed by atoms with Crippen molar-refractivity contribution in [3.63, 3.8) is 0 Å². The predicted octanol–water partition coefficient (Wildman–Crippen LogP) is 0.882. The van der Waals surface area contributed by atoms with Gasteiger partial charge >= 0.3 is 6.09 Å². The summed E-state index contributed by atoms with van der Waals surface area (Å²) in [6, 6.07) is 0. The van der Waals surface area contributed by atoms with Crippen molar-refractivity contribution in [3.05, 3.63) is 0 Å². The lowest BCUT2D eigenvalue weighted by atomic mass is 9.62. The maximum Gasteiger partial charge on any atom is 0.408 e. The molecule has 0 unspecified atom stereocenters. The topological polar surface area (TPSA) is 67.4 Å². The number of hydrogen-bond acceptors (Lipinski definition) is 3. The highest BCUT2D eigenvalue weighted by Gasteiger charge is 2.64. The fraction of sp³-hybridized carbons (Fsp3) is 0.818. The average molecular weight is 244 g/mol. The summed E-state index contributed by atoms with van der Waals surface area (Å²) in [6.07, 6.45) is -0.618. The van der Waals surface area contributed by atoms with E-state index in [0.717, 1.165) is 0 Å². The average Bonchev–Trinajstić information content (AvgIpc) is 2.05. The van der Waals surface area contributed by atoms with Gasteiger partial charge in [0.1, 0.15) is 16.8 Å². The van der Waals surface area contributed by atoms with Crippen LogP contribution in [0.1, 0.15) is 33.6 Å². The Morgan fingerprint density at radius 2 is 2.06 bits per heavy atom. The third-order valence-corrected chi connectivity index (χ3v) is 2.98. The normalized spacial score (nSPS) is 35.6. The molecule has 1 aliphatic carbocycles. The number of piperidine rings is 2. The highest BCUT2D eigenvalue weighted by molar-refractivity contribution is 5.93. The van der Waals surface area contributed by atoms with Crippen molar-refractivity contribution in [2.45, 2.75) is 50.4 Å². The van der Waals surface area contributed by atoms with E-state index in [1.807, 2.05) is 0 Å². The van der Waals surface area contributed by atoms with Crippen LogP contribution in [0.3, 0.4) is 0 Å². The Morgan fingerprint density at radius 3 is 2.59 bits per heavy atom. The van der Waals surface area contributed by atoms with Gasteiger partial charge < -0.3 is 15.4 Å². The Morgan fingerprint density at radius 1 is 1.47 bits per heavy atom. The minimum atomic E-state index is -1.37. The molecule has 2 heterocycles. The molecule has 2 amide bonds.